The van der Waals surface area contributed by atoms with E-state index in [-0.39, 0.29) is 26.9 Å². The van der Waals surface area contributed by atoms with Gasteiger partial charge in [0, 0.05) is 26.3 Å². The molecular weight excluding hydrogens is 635 g/mol. The second-order valence-electron chi connectivity index (χ2n) is 9.44. The summed E-state index contributed by atoms with van der Waals surface area (Å²) in [7, 11) is 1.12. The Bertz CT molecular complexity index is 1540. The van der Waals surface area contributed by atoms with Crippen molar-refractivity contribution in [2.75, 3.05) is 13.7 Å². The number of halogens is 4. The summed E-state index contributed by atoms with van der Waals surface area (Å²) in [6, 6.07) is 5.18. The third-order valence-corrected chi connectivity index (χ3v) is 7.78. The second kappa shape index (κ2) is 13.0. The van der Waals surface area contributed by atoms with Gasteiger partial charge in [0.05, 0.1) is 23.4 Å². The Morgan fingerprint density at radius 1 is 1.02 bits per heavy atom. The lowest BCUT2D eigenvalue weighted by molar-refractivity contribution is -0.241. The molecule has 0 bridgehead atoms. The highest BCUT2D eigenvalue weighted by molar-refractivity contribution is 7.81. The molecule has 1 fully saturated rings. The molecule has 230 valence electrons. The second-order valence-corrected chi connectivity index (χ2v) is 10.9. The summed E-state index contributed by atoms with van der Waals surface area (Å²) in [5.41, 5.74) is 0.279. The summed E-state index contributed by atoms with van der Waals surface area (Å²) in [6.07, 6.45) is -2.64. The number of aromatic nitrogens is 3. The quantitative estimate of drug-likeness (QED) is 0.207. The number of esters is 3. The Kier molecular flexibility index (Phi) is 9.84. The number of nitrogens with zero attached hydrogens (tertiary/aromatic N) is 3. The van der Waals surface area contributed by atoms with Gasteiger partial charge in [-0.2, -0.15) is 0 Å². The van der Waals surface area contributed by atoms with E-state index in [0.29, 0.717) is 0 Å². The Hall–Kier alpha value is -3.46. The molecule has 3 aromatic rings. The number of methoxy groups -OCH3 is 1. The number of carbonyl (C=O) groups excluding carboxylic acids is 3. The molecule has 1 aromatic heterocycles. The van der Waals surface area contributed by atoms with E-state index in [1.807, 2.05) is 0 Å². The number of benzene rings is 2. The van der Waals surface area contributed by atoms with Crippen molar-refractivity contribution in [3.63, 3.8) is 0 Å². The van der Waals surface area contributed by atoms with Crippen molar-refractivity contribution in [1.82, 2.24) is 15.0 Å². The zero-order chi connectivity index (χ0) is 31.6. The molecule has 0 saturated carbocycles. The van der Waals surface area contributed by atoms with Crippen LogP contribution in [0, 0.1) is 11.6 Å². The molecule has 0 N–H and O–H groups in total. The van der Waals surface area contributed by atoms with Crippen LogP contribution >= 0.6 is 35.8 Å². The maximum atomic E-state index is 14.5. The first-order chi connectivity index (χ1) is 20.2. The molecule has 0 amide bonds. The average molecular weight is 660 g/mol. The summed E-state index contributed by atoms with van der Waals surface area (Å²) in [4.78, 5) is 34.6. The summed E-state index contributed by atoms with van der Waals surface area (Å²) in [6.45, 7) is 3.03. The molecule has 43 heavy (non-hydrogen) atoms. The standard InChI is InChI=1S/C27H25Cl2F2N3O8S/c1-12(35)39-11-22-25(40-13(2)36)23(34-10-21(32-33-34)15-7-19(30)24(38-4)20(31)8-15)26(41-14(3)37)27(43,42-22)16-5-6-17(28)18(29)9-16/h5-10,22-23,25-26,43H,11H2,1-4H3/t22-,23+,25+,26-,27-/m1/s1. The first-order valence-corrected chi connectivity index (χ1v) is 13.7. The molecule has 0 aliphatic carbocycles. The van der Waals surface area contributed by atoms with Crippen LogP contribution in [-0.2, 0) is 38.3 Å². The number of rotatable bonds is 8. The van der Waals surface area contributed by atoms with Crippen molar-refractivity contribution in [3.05, 3.63) is 63.8 Å². The Morgan fingerprint density at radius 3 is 2.23 bits per heavy atom. The smallest absolute Gasteiger partial charge is 0.303 e. The van der Waals surface area contributed by atoms with Crippen LogP contribution in [0.15, 0.2) is 36.5 Å². The Morgan fingerprint density at radius 2 is 1.67 bits per heavy atom. The lowest BCUT2D eigenvalue weighted by Crippen LogP contribution is -2.61. The van der Waals surface area contributed by atoms with Crippen LogP contribution < -0.4 is 4.74 Å². The fraction of sp³-hybridized carbons (Fsp3) is 0.370. The zero-order valence-electron chi connectivity index (χ0n) is 23.0. The van der Waals surface area contributed by atoms with Gasteiger partial charge in [0.2, 0.25) is 0 Å². The van der Waals surface area contributed by atoms with Gasteiger partial charge in [0.25, 0.3) is 0 Å². The minimum atomic E-state index is -1.84. The van der Waals surface area contributed by atoms with E-state index < -0.39 is 71.2 Å². The van der Waals surface area contributed by atoms with Gasteiger partial charge in [-0.25, -0.2) is 13.5 Å². The van der Waals surface area contributed by atoms with Gasteiger partial charge in [-0.15, -0.1) is 17.7 Å². The molecule has 1 aliphatic heterocycles. The number of hydrogen-bond donors (Lipinski definition) is 1. The highest BCUT2D eigenvalue weighted by Gasteiger charge is 2.59. The van der Waals surface area contributed by atoms with Crippen LogP contribution in [0.4, 0.5) is 8.78 Å². The van der Waals surface area contributed by atoms with E-state index >= 15 is 0 Å². The van der Waals surface area contributed by atoms with Gasteiger partial charge in [-0.3, -0.25) is 14.4 Å². The zero-order valence-corrected chi connectivity index (χ0v) is 25.5. The topological polar surface area (TPSA) is 128 Å². The number of ether oxygens (including phenoxy) is 5. The predicted octanol–water partition coefficient (Wildman–Crippen LogP) is 4.69. The number of carbonyl (C=O) groups is 3. The Labute approximate surface area is 259 Å². The molecule has 11 nitrogen and oxygen atoms in total. The molecule has 1 aliphatic rings. The van der Waals surface area contributed by atoms with Crippen molar-refractivity contribution < 1.29 is 46.8 Å². The van der Waals surface area contributed by atoms with Gasteiger partial charge >= 0.3 is 17.9 Å². The molecule has 2 aromatic carbocycles. The normalized spacial score (nSPS) is 23.4. The maximum Gasteiger partial charge on any atom is 0.303 e. The lowest BCUT2D eigenvalue weighted by Gasteiger charge is -2.50. The highest BCUT2D eigenvalue weighted by atomic mass is 35.5. The van der Waals surface area contributed by atoms with Gasteiger partial charge in [0.15, 0.2) is 34.5 Å². The first kappa shape index (κ1) is 32.5. The summed E-state index contributed by atoms with van der Waals surface area (Å²) in [5, 5.41) is 8.50. The minimum Gasteiger partial charge on any atom is -0.491 e. The van der Waals surface area contributed by atoms with Crippen LogP contribution in [0.2, 0.25) is 10.0 Å². The van der Waals surface area contributed by atoms with Crippen molar-refractivity contribution in [3.8, 4) is 17.0 Å². The van der Waals surface area contributed by atoms with Gasteiger partial charge in [-0.1, -0.05) is 34.5 Å². The van der Waals surface area contributed by atoms with E-state index in [4.69, 9.17) is 59.5 Å². The number of thiol groups is 1. The minimum absolute atomic E-state index is 0.000245. The van der Waals surface area contributed by atoms with E-state index in [1.165, 1.54) is 36.0 Å². The molecule has 16 heteroatoms. The van der Waals surface area contributed by atoms with E-state index in [1.54, 1.807) is 0 Å². The SMILES string of the molecule is COc1c(F)cc(-c2cn([C@H]3[C@@H](OC(C)=O)[C@@H](COC(C)=O)O[C@@](S)(c4ccc(Cl)c(Cl)c4)[C@@H]3OC(C)=O)nn2)cc1F. The van der Waals surface area contributed by atoms with Gasteiger partial charge < -0.3 is 23.7 Å². The van der Waals surface area contributed by atoms with Crippen LogP contribution in [0.25, 0.3) is 11.3 Å². The van der Waals surface area contributed by atoms with Crippen LogP contribution in [-0.4, -0.2) is 64.9 Å². The van der Waals surface area contributed by atoms with Crippen LogP contribution in [0.3, 0.4) is 0 Å². The molecule has 0 unspecified atom stereocenters. The van der Waals surface area contributed by atoms with E-state index in [0.717, 1.165) is 33.1 Å². The first-order valence-electron chi connectivity index (χ1n) is 12.5. The molecule has 4 rings (SSSR count). The molecule has 0 radical (unpaired) electrons. The van der Waals surface area contributed by atoms with Gasteiger partial charge in [0.1, 0.15) is 24.4 Å². The largest absolute Gasteiger partial charge is 0.491 e. The van der Waals surface area contributed by atoms with Crippen LogP contribution in [0.1, 0.15) is 32.4 Å². The van der Waals surface area contributed by atoms with Crippen molar-refractivity contribution in [2.45, 2.75) is 50.1 Å². The predicted molar refractivity (Wildman–Crippen MR) is 151 cm³/mol. The third-order valence-electron chi connectivity index (χ3n) is 6.42. The van der Waals surface area contributed by atoms with Gasteiger partial charge in [-0.05, 0) is 29.8 Å². The van der Waals surface area contributed by atoms with Crippen molar-refractivity contribution in [2.24, 2.45) is 0 Å². The summed E-state index contributed by atoms with van der Waals surface area (Å²) in [5.74, 6) is -4.73. The summed E-state index contributed by atoms with van der Waals surface area (Å²) >= 11 is 17.2. The van der Waals surface area contributed by atoms with Crippen LogP contribution in [0.5, 0.6) is 5.75 Å². The van der Waals surface area contributed by atoms with Crippen molar-refractivity contribution >= 4 is 53.7 Å². The number of hydrogen-bond acceptors (Lipinski definition) is 11. The van der Waals surface area contributed by atoms with E-state index in [9.17, 15) is 23.2 Å². The molecule has 1 saturated heterocycles. The average Bonchev–Trinajstić information content (AvgIpc) is 3.40. The monoisotopic (exact) mass is 659 g/mol. The molecular formula is C27H25Cl2F2N3O8S. The maximum absolute atomic E-state index is 14.5. The summed E-state index contributed by atoms with van der Waals surface area (Å²) < 4.78 is 57.8. The lowest BCUT2D eigenvalue weighted by atomic mass is 9.88. The third kappa shape index (κ3) is 6.87. The molecule has 0 spiro atoms. The van der Waals surface area contributed by atoms with Crippen molar-refractivity contribution in [1.29, 1.82) is 0 Å². The fourth-order valence-corrected chi connectivity index (χ4v) is 5.46. The highest BCUT2D eigenvalue weighted by Crippen LogP contribution is 2.49. The molecule has 5 atom stereocenters. The molecule has 2 heterocycles. The Balaban J connectivity index is 1.92. The van der Waals surface area contributed by atoms with E-state index in [2.05, 4.69) is 10.3 Å². The fourth-order valence-electron chi connectivity index (χ4n) is 4.68.